The monoisotopic (exact) mass is 339 g/mol. The molecule has 8 nitrogen and oxygen atoms in total. The van der Waals surface area contributed by atoms with Gasteiger partial charge in [0.05, 0.1) is 17.1 Å². The van der Waals surface area contributed by atoms with Crippen LogP contribution in [0.5, 0.6) is 0 Å². The van der Waals surface area contributed by atoms with Crippen LogP contribution in [0.2, 0.25) is 0 Å². The summed E-state index contributed by atoms with van der Waals surface area (Å²) in [6, 6.07) is 1.77. The van der Waals surface area contributed by atoms with E-state index in [2.05, 4.69) is 25.7 Å². The summed E-state index contributed by atoms with van der Waals surface area (Å²) < 4.78 is 3.56. The Morgan fingerprint density at radius 3 is 2.72 bits per heavy atom. The van der Waals surface area contributed by atoms with E-state index in [0.717, 1.165) is 59.0 Å². The van der Waals surface area contributed by atoms with Crippen molar-refractivity contribution < 1.29 is 4.79 Å². The number of rotatable bonds is 3. The number of aromatic nitrogens is 6. The van der Waals surface area contributed by atoms with E-state index in [4.69, 9.17) is 0 Å². The number of carbonyl (C=O) groups excluding carboxylic acids is 1. The van der Waals surface area contributed by atoms with Crippen LogP contribution in [0.15, 0.2) is 6.07 Å². The SMILES string of the molecule is Cc1nn(C)c(C)c1-c1cc(C(=O)Nc2c3c(nn2C)CCC3)[nH]n1. The molecule has 3 aromatic rings. The maximum atomic E-state index is 12.6. The second kappa shape index (κ2) is 5.58. The predicted octanol–water partition coefficient (Wildman–Crippen LogP) is 1.90. The predicted molar refractivity (Wildman–Crippen MR) is 93.4 cm³/mol. The van der Waals surface area contributed by atoms with Crippen LogP contribution >= 0.6 is 0 Å². The zero-order chi connectivity index (χ0) is 17.7. The van der Waals surface area contributed by atoms with Crippen molar-refractivity contribution in [2.24, 2.45) is 14.1 Å². The summed E-state index contributed by atoms with van der Waals surface area (Å²) in [6.45, 7) is 3.93. The molecule has 25 heavy (non-hydrogen) atoms. The molecule has 0 aliphatic heterocycles. The highest BCUT2D eigenvalue weighted by Gasteiger charge is 2.23. The van der Waals surface area contributed by atoms with Crippen LogP contribution in [0.3, 0.4) is 0 Å². The number of hydrogen-bond donors (Lipinski definition) is 2. The zero-order valence-electron chi connectivity index (χ0n) is 14.8. The Morgan fingerprint density at radius 1 is 1.20 bits per heavy atom. The standard InChI is InChI=1S/C17H21N7O/c1-9-15(10(2)23(3)21-9)13-8-14(20-19-13)17(25)18-16-11-6-5-7-12(11)22-24(16)4/h8H,5-7H2,1-4H3,(H,18,25)(H,19,20). The number of fused-ring (bicyclic) bond motifs is 1. The van der Waals surface area contributed by atoms with Crippen LogP contribution in [0.25, 0.3) is 11.3 Å². The normalized spacial score (nSPS) is 13.3. The number of amides is 1. The highest BCUT2D eigenvalue weighted by Crippen LogP contribution is 2.29. The van der Waals surface area contributed by atoms with E-state index in [9.17, 15) is 4.79 Å². The fourth-order valence-corrected chi connectivity index (χ4v) is 3.56. The molecule has 2 N–H and O–H groups in total. The van der Waals surface area contributed by atoms with Crippen molar-refractivity contribution in [2.75, 3.05) is 5.32 Å². The highest BCUT2D eigenvalue weighted by molar-refractivity contribution is 6.03. The van der Waals surface area contributed by atoms with Gasteiger partial charge in [-0.1, -0.05) is 0 Å². The number of aromatic amines is 1. The molecule has 0 aromatic carbocycles. The fraction of sp³-hybridized carbons (Fsp3) is 0.412. The molecule has 0 radical (unpaired) electrons. The summed E-state index contributed by atoms with van der Waals surface area (Å²) >= 11 is 0. The van der Waals surface area contributed by atoms with Gasteiger partial charge in [0.25, 0.3) is 5.91 Å². The number of aryl methyl sites for hydroxylation is 4. The van der Waals surface area contributed by atoms with E-state index in [1.165, 1.54) is 0 Å². The average molecular weight is 339 g/mol. The minimum atomic E-state index is -0.212. The second-order valence-electron chi connectivity index (χ2n) is 6.54. The molecular weight excluding hydrogens is 318 g/mol. The van der Waals surface area contributed by atoms with Crippen molar-refractivity contribution in [2.45, 2.75) is 33.1 Å². The van der Waals surface area contributed by atoms with Crippen molar-refractivity contribution in [3.05, 3.63) is 34.4 Å². The quantitative estimate of drug-likeness (QED) is 0.762. The lowest BCUT2D eigenvalue weighted by Gasteiger charge is -2.06. The van der Waals surface area contributed by atoms with Gasteiger partial charge in [-0.2, -0.15) is 15.3 Å². The molecule has 0 bridgehead atoms. The lowest BCUT2D eigenvalue weighted by molar-refractivity contribution is 0.102. The van der Waals surface area contributed by atoms with Crippen LogP contribution < -0.4 is 5.32 Å². The highest BCUT2D eigenvalue weighted by atomic mass is 16.2. The van der Waals surface area contributed by atoms with Crippen LogP contribution in [-0.2, 0) is 26.9 Å². The van der Waals surface area contributed by atoms with Crippen LogP contribution in [0.1, 0.15) is 39.6 Å². The van der Waals surface area contributed by atoms with Gasteiger partial charge < -0.3 is 5.32 Å². The molecular formula is C17H21N7O. The number of nitrogens with one attached hydrogen (secondary N) is 2. The van der Waals surface area contributed by atoms with Crippen LogP contribution in [0.4, 0.5) is 5.82 Å². The Morgan fingerprint density at radius 2 is 2.00 bits per heavy atom. The van der Waals surface area contributed by atoms with Crippen molar-refractivity contribution >= 4 is 11.7 Å². The van der Waals surface area contributed by atoms with Gasteiger partial charge in [0, 0.05) is 30.9 Å². The minimum absolute atomic E-state index is 0.212. The van der Waals surface area contributed by atoms with Gasteiger partial charge in [-0.25, -0.2) is 0 Å². The average Bonchev–Trinajstić information content (AvgIpc) is 3.29. The molecule has 0 saturated heterocycles. The van der Waals surface area contributed by atoms with E-state index in [1.807, 2.05) is 32.6 Å². The first kappa shape index (κ1) is 15.6. The summed E-state index contributed by atoms with van der Waals surface area (Å²) in [5.74, 6) is 0.568. The molecule has 1 aliphatic carbocycles. The van der Waals surface area contributed by atoms with Gasteiger partial charge in [-0.05, 0) is 39.2 Å². The molecule has 0 unspecified atom stereocenters. The first-order chi connectivity index (χ1) is 12.0. The number of carbonyl (C=O) groups is 1. The Hall–Kier alpha value is -2.90. The Balaban J connectivity index is 1.61. The summed E-state index contributed by atoms with van der Waals surface area (Å²) in [6.07, 6.45) is 3.03. The zero-order valence-corrected chi connectivity index (χ0v) is 14.8. The third-order valence-corrected chi connectivity index (χ3v) is 4.89. The molecule has 1 amide bonds. The largest absolute Gasteiger partial charge is 0.305 e. The van der Waals surface area contributed by atoms with E-state index >= 15 is 0 Å². The molecule has 4 rings (SSSR count). The molecule has 8 heteroatoms. The number of H-pyrrole nitrogens is 1. The number of anilines is 1. The third-order valence-electron chi connectivity index (χ3n) is 4.89. The van der Waals surface area contributed by atoms with Crippen LogP contribution in [0, 0.1) is 13.8 Å². The van der Waals surface area contributed by atoms with Crippen molar-refractivity contribution in [1.29, 1.82) is 0 Å². The summed E-state index contributed by atoms with van der Waals surface area (Å²) in [5, 5.41) is 19.0. The van der Waals surface area contributed by atoms with Gasteiger partial charge in [0.15, 0.2) is 0 Å². The second-order valence-corrected chi connectivity index (χ2v) is 6.54. The maximum Gasteiger partial charge on any atom is 0.274 e. The fourth-order valence-electron chi connectivity index (χ4n) is 3.56. The smallest absolute Gasteiger partial charge is 0.274 e. The molecule has 0 atom stereocenters. The molecule has 0 saturated carbocycles. The summed E-state index contributed by atoms with van der Waals surface area (Å²) in [5.41, 5.74) is 6.25. The van der Waals surface area contributed by atoms with E-state index in [-0.39, 0.29) is 5.91 Å². The first-order valence-electron chi connectivity index (χ1n) is 8.37. The minimum Gasteiger partial charge on any atom is -0.305 e. The first-order valence-corrected chi connectivity index (χ1v) is 8.37. The van der Waals surface area contributed by atoms with Gasteiger partial charge in [-0.15, -0.1) is 0 Å². The van der Waals surface area contributed by atoms with Crippen molar-refractivity contribution in [1.82, 2.24) is 29.8 Å². The molecule has 3 heterocycles. The van der Waals surface area contributed by atoms with Gasteiger partial charge >= 0.3 is 0 Å². The van der Waals surface area contributed by atoms with Gasteiger partial charge in [-0.3, -0.25) is 19.3 Å². The Labute approximate surface area is 145 Å². The van der Waals surface area contributed by atoms with Crippen molar-refractivity contribution in [3.8, 4) is 11.3 Å². The molecule has 0 spiro atoms. The molecule has 0 fully saturated rings. The Bertz CT molecular complexity index is 976. The number of nitrogens with zero attached hydrogens (tertiary/aromatic N) is 5. The van der Waals surface area contributed by atoms with Crippen molar-refractivity contribution in [3.63, 3.8) is 0 Å². The van der Waals surface area contributed by atoms with Gasteiger partial charge in [0.2, 0.25) is 0 Å². The van der Waals surface area contributed by atoms with E-state index < -0.39 is 0 Å². The maximum absolute atomic E-state index is 12.6. The molecule has 3 aromatic heterocycles. The molecule has 1 aliphatic rings. The Kier molecular flexibility index (Phi) is 3.48. The van der Waals surface area contributed by atoms with Gasteiger partial charge in [0.1, 0.15) is 11.5 Å². The van der Waals surface area contributed by atoms with Crippen LogP contribution in [-0.4, -0.2) is 35.7 Å². The van der Waals surface area contributed by atoms with E-state index in [1.54, 1.807) is 10.7 Å². The topological polar surface area (TPSA) is 93.4 Å². The molecule has 130 valence electrons. The third kappa shape index (κ3) is 2.45. The summed E-state index contributed by atoms with van der Waals surface area (Å²) in [4.78, 5) is 12.6. The van der Waals surface area contributed by atoms with E-state index in [0.29, 0.717) is 5.69 Å². The summed E-state index contributed by atoms with van der Waals surface area (Å²) in [7, 11) is 3.75. The lowest BCUT2D eigenvalue weighted by Crippen LogP contribution is -2.16. The lowest BCUT2D eigenvalue weighted by atomic mass is 10.1. The number of hydrogen-bond acceptors (Lipinski definition) is 4.